The molecule has 1 aromatic heterocycles. The Morgan fingerprint density at radius 2 is 2.04 bits per heavy atom. The van der Waals surface area contributed by atoms with Crippen LogP contribution in [0.4, 0.5) is 5.69 Å². The monoisotopic (exact) mass is 329 g/mol. The Labute approximate surface area is 140 Å². The average Bonchev–Trinajstić information content (AvgIpc) is 3.04. The van der Waals surface area contributed by atoms with E-state index in [9.17, 15) is 9.59 Å². The van der Waals surface area contributed by atoms with Gasteiger partial charge in [0.05, 0.1) is 6.54 Å². The van der Waals surface area contributed by atoms with Crippen LogP contribution >= 0.6 is 0 Å². The molecule has 0 radical (unpaired) electrons. The quantitative estimate of drug-likeness (QED) is 0.623. The van der Waals surface area contributed by atoms with Gasteiger partial charge < -0.3 is 20.0 Å². The first-order valence-corrected chi connectivity index (χ1v) is 8.39. The van der Waals surface area contributed by atoms with Crippen molar-refractivity contribution in [3.05, 3.63) is 40.2 Å². The van der Waals surface area contributed by atoms with Gasteiger partial charge in [-0.15, -0.1) is 0 Å². The van der Waals surface area contributed by atoms with Crippen LogP contribution in [0.25, 0.3) is 11.0 Å². The predicted molar refractivity (Wildman–Crippen MR) is 94.4 cm³/mol. The highest BCUT2D eigenvalue weighted by molar-refractivity contribution is 5.94. The number of anilines is 1. The Morgan fingerprint density at radius 3 is 2.83 bits per heavy atom. The number of benzene rings is 1. The van der Waals surface area contributed by atoms with Crippen LogP contribution < -0.4 is 16.3 Å². The highest BCUT2D eigenvalue weighted by Gasteiger charge is 2.11. The number of amides is 1. The molecule has 0 bridgehead atoms. The molecule has 6 nitrogen and oxygen atoms in total. The largest absolute Gasteiger partial charge is 0.423 e. The molecule has 2 N–H and O–H groups in total. The molecule has 1 aliphatic rings. The minimum atomic E-state index is -0.382. The van der Waals surface area contributed by atoms with Crippen LogP contribution in [-0.2, 0) is 4.79 Å². The first-order valence-electron chi connectivity index (χ1n) is 8.39. The summed E-state index contributed by atoms with van der Waals surface area (Å²) in [5, 5.41) is 6.86. The maximum atomic E-state index is 12.0. The van der Waals surface area contributed by atoms with Crippen molar-refractivity contribution >= 4 is 22.6 Å². The Balaban J connectivity index is 1.52. The van der Waals surface area contributed by atoms with E-state index in [0.717, 1.165) is 37.1 Å². The number of likely N-dealkylation sites (tertiary alicyclic amines) is 1. The van der Waals surface area contributed by atoms with Crippen LogP contribution in [0.1, 0.15) is 18.4 Å². The maximum absolute atomic E-state index is 12.0. The zero-order chi connectivity index (χ0) is 16.9. The molecular formula is C18H23N3O3. The Kier molecular flexibility index (Phi) is 5.27. The van der Waals surface area contributed by atoms with E-state index in [0.29, 0.717) is 11.3 Å². The van der Waals surface area contributed by atoms with Crippen LogP contribution in [0.15, 0.2) is 33.5 Å². The molecule has 1 fully saturated rings. The molecule has 128 valence electrons. The number of carbonyl (C=O) groups excluding carboxylic acids is 1. The molecule has 0 spiro atoms. The molecule has 0 unspecified atom stereocenters. The standard InChI is InChI=1S/C18H23N3O3/c1-13-10-18(23)24-16-11-14(4-5-15(13)16)20-17(22)12-19-6-9-21-7-2-3-8-21/h4-5,10-11,19H,2-3,6-9,12H2,1H3,(H,20,22). The van der Waals surface area contributed by atoms with Gasteiger partial charge in [0.25, 0.3) is 0 Å². The van der Waals surface area contributed by atoms with Crippen molar-refractivity contribution in [3.63, 3.8) is 0 Å². The first-order chi connectivity index (χ1) is 11.6. The fourth-order valence-electron chi connectivity index (χ4n) is 3.05. The second-order valence-corrected chi connectivity index (χ2v) is 6.23. The molecule has 24 heavy (non-hydrogen) atoms. The van der Waals surface area contributed by atoms with E-state index < -0.39 is 0 Å². The van der Waals surface area contributed by atoms with Gasteiger partial charge in [-0.25, -0.2) is 4.79 Å². The fourth-order valence-corrected chi connectivity index (χ4v) is 3.05. The summed E-state index contributed by atoms with van der Waals surface area (Å²) >= 11 is 0. The molecule has 1 aromatic carbocycles. The summed E-state index contributed by atoms with van der Waals surface area (Å²) in [5.74, 6) is -0.106. The zero-order valence-corrected chi connectivity index (χ0v) is 13.9. The third-order valence-electron chi connectivity index (χ3n) is 4.32. The maximum Gasteiger partial charge on any atom is 0.336 e. The lowest BCUT2D eigenvalue weighted by atomic mass is 10.1. The predicted octanol–water partition coefficient (Wildman–Crippen LogP) is 1.73. The van der Waals surface area contributed by atoms with Gasteiger partial charge in [0.1, 0.15) is 5.58 Å². The number of hydrogen-bond donors (Lipinski definition) is 2. The number of hydrogen-bond acceptors (Lipinski definition) is 5. The van der Waals surface area contributed by atoms with Crippen molar-refractivity contribution in [2.45, 2.75) is 19.8 Å². The fraction of sp³-hybridized carbons (Fsp3) is 0.444. The van der Waals surface area contributed by atoms with Crippen LogP contribution in [-0.4, -0.2) is 43.5 Å². The number of nitrogens with zero attached hydrogens (tertiary/aromatic N) is 1. The molecule has 6 heteroatoms. The van der Waals surface area contributed by atoms with Crippen molar-refractivity contribution in [1.29, 1.82) is 0 Å². The van der Waals surface area contributed by atoms with E-state index in [1.54, 1.807) is 6.07 Å². The molecule has 3 rings (SSSR count). The molecule has 2 heterocycles. The van der Waals surface area contributed by atoms with Gasteiger partial charge >= 0.3 is 5.63 Å². The summed E-state index contributed by atoms with van der Waals surface area (Å²) in [4.78, 5) is 25.9. The van der Waals surface area contributed by atoms with E-state index in [2.05, 4.69) is 15.5 Å². The van der Waals surface area contributed by atoms with Gasteiger partial charge in [-0.05, 0) is 50.6 Å². The zero-order valence-electron chi connectivity index (χ0n) is 13.9. The number of aryl methyl sites for hydroxylation is 1. The number of carbonyl (C=O) groups is 1. The lowest BCUT2D eigenvalue weighted by molar-refractivity contribution is -0.115. The van der Waals surface area contributed by atoms with Gasteiger partial charge in [-0.1, -0.05) is 0 Å². The molecule has 1 saturated heterocycles. The summed E-state index contributed by atoms with van der Waals surface area (Å²) < 4.78 is 5.19. The SMILES string of the molecule is Cc1cc(=O)oc2cc(NC(=O)CNCCN3CCCC3)ccc12. The number of fused-ring (bicyclic) bond motifs is 1. The van der Waals surface area contributed by atoms with Crippen LogP contribution in [0.2, 0.25) is 0 Å². The second kappa shape index (κ2) is 7.59. The summed E-state index contributed by atoms with van der Waals surface area (Å²) in [6, 6.07) is 6.82. The summed E-state index contributed by atoms with van der Waals surface area (Å²) in [6.45, 7) is 6.24. The van der Waals surface area contributed by atoms with Crippen molar-refractivity contribution in [1.82, 2.24) is 10.2 Å². The molecule has 1 aliphatic heterocycles. The second-order valence-electron chi connectivity index (χ2n) is 6.23. The van der Waals surface area contributed by atoms with E-state index in [4.69, 9.17) is 4.42 Å². The molecule has 1 amide bonds. The molecular weight excluding hydrogens is 306 g/mol. The molecule has 0 aliphatic carbocycles. The van der Waals surface area contributed by atoms with Crippen LogP contribution in [0.5, 0.6) is 0 Å². The lowest BCUT2D eigenvalue weighted by Crippen LogP contribution is -2.34. The first kappa shape index (κ1) is 16.7. The summed E-state index contributed by atoms with van der Waals surface area (Å²) in [5.41, 5.74) is 1.59. The van der Waals surface area contributed by atoms with Gasteiger partial charge in [-0.2, -0.15) is 0 Å². The topological polar surface area (TPSA) is 74.6 Å². The van der Waals surface area contributed by atoms with Crippen LogP contribution in [0.3, 0.4) is 0 Å². The van der Waals surface area contributed by atoms with Gasteiger partial charge in [0, 0.05) is 36.3 Å². The molecule has 0 saturated carbocycles. The Bertz CT molecular complexity index is 779. The molecule has 2 aromatic rings. The van der Waals surface area contributed by atoms with Crippen molar-refractivity contribution in [2.24, 2.45) is 0 Å². The average molecular weight is 329 g/mol. The number of nitrogens with one attached hydrogen (secondary N) is 2. The van der Waals surface area contributed by atoms with E-state index in [1.807, 2.05) is 19.1 Å². The number of rotatable bonds is 6. The summed E-state index contributed by atoms with van der Waals surface area (Å²) in [6.07, 6.45) is 2.55. The normalized spacial score (nSPS) is 15.0. The van der Waals surface area contributed by atoms with E-state index in [-0.39, 0.29) is 18.1 Å². The summed E-state index contributed by atoms with van der Waals surface area (Å²) in [7, 11) is 0. The third kappa shape index (κ3) is 4.21. The molecule has 0 atom stereocenters. The van der Waals surface area contributed by atoms with Crippen molar-refractivity contribution in [2.75, 3.05) is 38.0 Å². The minimum Gasteiger partial charge on any atom is -0.423 e. The van der Waals surface area contributed by atoms with Crippen molar-refractivity contribution in [3.8, 4) is 0 Å². The van der Waals surface area contributed by atoms with Gasteiger partial charge in [-0.3, -0.25) is 4.79 Å². The van der Waals surface area contributed by atoms with Gasteiger partial charge in [0.2, 0.25) is 5.91 Å². The van der Waals surface area contributed by atoms with Gasteiger partial charge in [0.15, 0.2) is 0 Å². The van der Waals surface area contributed by atoms with E-state index in [1.165, 1.54) is 18.9 Å². The highest BCUT2D eigenvalue weighted by Crippen LogP contribution is 2.20. The highest BCUT2D eigenvalue weighted by atomic mass is 16.4. The van der Waals surface area contributed by atoms with E-state index >= 15 is 0 Å². The smallest absolute Gasteiger partial charge is 0.336 e. The van der Waals surface area contributed by atoms with Crippen molar-refractivity contribution < 1.29 is 9.21 Å². The Morgan fingerprint density at radius 1 is 1.25 bits per heavy atom. The third-order valence-corrected chi connectivity index (χ3v) is 4.32. The minimum absolute atomic E-state index is 0.106. The Hall–Kier alpha value is -2.18. The lowest BCUT2D eigenvalue weighted by Gasteiger charge is -2.14. The van der Waals surface area contributed by atoms with Crippen LogP contribution in [0, 0.1) is 6.92 Å².